The Bertz CT molecular complexity index is 293. The third-order valence-electron chi connectivity index (χ3n) is 4.38. The number of hydrogen-bond donors (Lipinski definition) is 1. The predicted molar refractivity (Wildman–Crippen MR) is 91.9 cm³/mol. The Labute approximate surface area is 135 Å². The van der Waals surface area contributed by atoms with Crippen LogP contribution < -0.4 is 5.32 Å². The van der Waals surface area contributed by atoms with Crippen LogP contribution in [0.5, 0.6) is 0 Å². The van der Waals surface area contributed by atoms with Crippen LogP contribution in [-0.2, 0) is 9.53 Å². The van der Waals surface area contributed by atoms with Crippen LogP contribution in [0.15, 0.2) is 0 Å². The van der Waals surface area contributed by atoms with Crippen LogP contribution in [-0.4, -0.2) is 36.2 Å². The molecule has 1 saturated carbocycles. The number of ether oxygens (including phenoxy) is 1. The van der Waals surface area contributed by atoms with Crippen molar-refractivity contribution in [2.24, 2.45) is 0 Å². The minimum absolute atomic E-state index is 0.129. The molecule has 4 heteroatoms. The summed E-state index contributed by atoms with van der Waals surface area (Å²) < 4.78 is 4.96. The van der Waals surface area contributed by atoms with Gasteiger partial charge in [0.2, 0.25) is 0 Å². The molecule has 1 aliphatic rings. The van der Waals surface area contributed by atoms with E-state index < -0.39 is 5.54 Å². The first-order valence-electron chi connectivity index (χ1n) is 8.57. The van der Waals surface area contributed by atoms with Gasteiger partial charge in [0.25, 0.3) is 0 Å². The summed E-state index contributed by atoms with van der Waals surface area (Å²) in [6, 6.07) is 0. The number of nitrogens with one attached hydrogen (secondary N) is 1. The van der Waals surface area contributed by atoms with E-state index in [1.807, 2.05) is 6.92 Å². The molecule has 1 fully saturated rings. The Kier molecular flexibility index (Phi) is 9.41. The van der Waals surface area contributed by atoms with Crippen LogP contribution >= 0.6 is 11.8 Å². The molecule has 0 saturated heterocycles. The molecule has 1 unspecified atom stereocenters. The first-order chi connectivity index (χ1) is 10.1. The molecule has 124 valence electrons. The number of carbonyl (C=O) groups excluding carboxylic acids is 1. The molecule has 0 spiro atoms. The zero-order chi connectivity index (χ0) is 15.6. The summed E-state index contributed by atoms with van der Waals surface area (Å²) in [6.07, 6.45) is 11.2. The largest absolute Gasteiger partial charge is 0.468 e. The molecule has 1 atom stereocenters. The Balaban J connectivity index is 2.21. The number of unbranched alkanes of at least 4 members (excludes halogenated alkanes) is 1. The first-order valence-corrected chi connectivity index (χ1v) is 9.62. The van der Waals surface area contributed by atoms with Gasteiger partial charge in [-0.2, -0.15) is 11.8 Å². The zero-order valence-corrected chi connectivity index (χ0v) is 14.9. The van der Waals surface area contributed by atoms with Crippen molar-refractivity contribution in [3.05, 3.63) is 0 Å². The van der Waals surface area contributed by atoms with Crippen LogP contribution in [0.1, 0.15) is 71.6 Å². The van der Waals surface area contributed by atoms with Crippen LogP contribution in [0.3, 0.4) is 0 Å². The van der Waals surface area contributed by atoms with Gasteiger partial charge in [0.15, 0.2) is 0 Å². The summed E-state index contributed by atoms with van der Waals surface area (Å²) in [7, 11) is 1.48. The maximum atomic E-state index is 12.0. The summed E-state index contributed by atoms with van der Waals surface area (Å²) in [4.78, 5) is 12.0. The van der Waals surface area contributed by atoms with E-state index in [2.05, 4.69) is 24.0 Å². The van der Waals surface area contributed by atoms with Crippen molar-refractivity contribution in [3.8, 4) is 0 Å². The molecule has 0 aliphatic heterocycles. The molecule has 1 N–H and O–H groups in total. The summed E-state index contributed by atoms with van der Waals surface area (Å²) in [6.45, 7) is 4.96. The number of carbonyl (C=O) groups is 1. The van der Waals surface area contributed by atoms with E-state index in [1.165, 1.54) is 51.4 Å². The quantitative estimate of drug-likeness (QED) is 0.485. The molecule has 0 aromatic carbocycles. The Morgan fingerprint density at radius 1 is 1.29 bits per heavy atom. The highest BCUT2D eigenvalue weighted by atomic mass is 32.2. The van der Waals surface area contributed by atoms with Gasteiger partial charge in [-0.25, -0.2) is 0 Å². The summed E-state index contributed by atoms with van der Waals surface area (Å²) in [5.41, 5.74) is -0.514. The lowest BCUT2D eigenvalue weighted by molar-refractivity contribution is -0.148. The lowest BCUT2D eigenvalue weighted by Gasteiger charge is -2.28. The minimum atomic E-state index is -0.514. The van der Waals surface area contributed by atoms with E-state index in [-0.39, 0.29) is 5.97 Å². The maximum absolute atomic E-state index is 12.0. The molecule has 21 heavy (non-hydrogen) atoms. The van der Waals surface area contributed by atoms with Crippen LogP contribution in [0.4, 0.5) is 0 Å². The van der Waals surface area contributed by atoms with Crippen LogP contribution in [0.25, 0.3) is 0 Å². The standard InChI is InChI=1S/C17H33NO2S/c1-4-13-18-17(2,16(19)20-3)12-8-9-14-21-15-10-6-5-7-11-15/h15,18H,4-14H2,1-3H3. The fourth-order valence-electron chi connectivity index (χ4n) is 2.95. The summed E-state index contributed by atoms with van der Waals surface area (Å²) >= 11 is 2.14. The third kappa shape index (κ3) is 7.05. The second-order valence-electron chi connectivity index (χ2n) is 6.34. The van der Waals surface area contributed by atoms with Crippen molar-refractivity contribution in [1.82, 2.24) is 5.32 Å². The molecule has 1 rings (SSSR count). The van der Waals surface area contributed by atoms with Crippen LogP contribution in [0, 0.1) is 0 Å². The van der Waals surface area contributed by atoms with Crippen molar-refractivity contribution >= 4 is 17.7 Å². The first kappa shape index (κ1) is 18.8. The second kappa shape index (κ2) is 10.5. The fraction of sp³-hybridized carbons (Fsp3) is 0.941. The zero-order valence-electron chi connectivity index (χ0n) is 14.1. The highest BCUT2D eigenvalue weighted by Crippen LogP contribution is 2.29. The highest BCUT2D eigenvalue weighted by molar-refractivity contribution is 7.99. The lowest BCUT2D eigenvalue weighted by Crippen LogP contribution is -2.50. The van der Waals surface area contributed by atoms with E-state index in [1.54, 1.807) is 0 Å². The van der Waals surface area contributed by atoms with Crippen molar-refractivity contribution in [2.75, 3.05) is 19.4 Å². The average molecular weight is 316 g/mol. The van der Waals surface area contributed by atoms with Gasteiger partial charge in [0, 0.05) is 5.25 Å². The topological polar surface area (TPSA) is 38.3 Å². The van der Waals surface area contributed by atoms with Gasteiger partial charge in [0.05, 0.1) is 7.11 Å². The monoisotopic (exact) mass is 315 g/mol. The summed E-state index contributed by atoms with van der Waals surface area (Å²) in [5.74, 6) is 1.10. The maximum Gasteiger partial charge on any atom is 0.325 e. The number of methoxy groups -OCH3 is 1. The van der Waals surface area contributed by atoms with Crippen molar-refractivity contribution in [2.45, 2.75) is 82.4 Å². The predicted octanol–water partition coefficient (Wildman–Crippen LogP) is 4.15. The van der Waals surface area contributed by atoms with E-state index in [9.17, 15) is 4.79 Å². The van der Waals surface area contributed by atoms with Crippen molar-refractivity contribution in [3.63, 3.8) is 0 Å². The van der Waals surface area contributed by atoms with Gasteiger partial charge < -0.3 is 10.1 Å². The molecular formula is C17H33NO2S. The van der Waals surface area contributed by atoms with E-state index >= 15 is 0 Å². The van der Waals surface area contributed by atoms with E-state index in [0.29, 0.717) is 0 Å². The molecule has 0 bridgehead atoms. The fourth-order valence-corrected chi connectivity index (χ4v) is 4.32. The Hall–Kier alpha value is -0.220. The van der Waals surface area contributed by atoms with Gasteiger partial charge in [-0.05, 0) is 51.3 Å². The molecule has 3 nitrogen and oxygen atoms in total. The van der Waals surface area contributed by atoms with Crippen LogP contribution in [0.2, 0.25) is 0 Å². The molecule has 0 aromatic heterocycles. The minimum Gasteiger partial charge on any atom is -0.468 e. The summed E-state index contributed by atoms with van der Waals surface area (Å²) in [5, 5.41) is 4.25. The molecule has 0 aromatic rings. The van der Waals surface area contributed by atoms with Gasteiger partial charge in [0.1, 0.15) is 5.54 Å². The SMILES string of the molecule is CCCNC(C)(CCCCSC1CCCCC1)C(=O)OC. The molecular weight excluding hydrogens is 282 g/mol. The number of esters is 1. The van der Waals surface area contributed by atoms with Gasteiger partial charge >= 0.3 is 5.97 Å². The van der Waals surface area contributed by atoms with Gasteiger partial charge in [-0.15, -0.1) is 0 Å². The van der Waals surface area contributed by atoms with E-state index in [4.69, 9.17) is 4.74 Å². The second-order valence-corrected chi connectivity index (χ2v) is 7.75. The average Bonchev–Trinajstić information content (AvgIpc) is 2.52. The molecule has 0 heterocycles. The molecule has 0 radical (unpaired) electrons. The van der Waals surface area contributed by atoms with Crippen molar-refractivity contribution < 1.29 is 9.53 Å². The number of hydrogen-bond acceptors (Lipinski definition) is 4. The third-order valence-corrected chi connectivity index (χ3v) is 5.85. The van der Waals surface area contributed by atoms with E-state index in [0.717, 1.165) is 31.1 Å². The van der Waals surface area contributed by atoms with Crippen molar-refractivity contribution in [1.29, 1.82) is 0 Å². The Morgan fingerprint density at radius 3 is 2.62 bits per heavy atom. The molecule has 1 aliphatic carbocycles. The normalized spacial score (nSPS) is 19.2. The smallest absolute Gasteiger partial charge is 0.325 e. The number of thioether (sulfide) groups is 1. The molecule has 0 amide bonds. The van der Waals surface area contributed by atoms with Gasteiger partial charge in [-0.1, -0.05) is 32.6 Å². The lowest BCUT2D eigenvalue weighted by atomic mass is 9.95. The Morgan fingerprint density at radius 2 is 2.00 bits per heavy atom. The number of rotatable bonds is 10. The highest BCUT2D eigenvalue weighted by Gasteiger charge is 2.32. The van der Waals surface area contributed by atoms with Gasteiger partial charge in [-0.3, -0.25) is 4.79 Å².